The summed E-state index contributed by atoms with van der Waals surface area (Å²) in [6.07, 6.45) is 13.5. The molecule has 0 aliphatic rings. The van der Waals surface area contributed by atoms with E-state index in [1.807, 2.05) is 0 Å². The number of hydrogen-bond donors (Lipinski definition) is 12. The Hall–Kier alpha value is -0.573. The van der Waals surface area contributed by atoms with E-state index in [1.165, 1.54) is 0 Å². The topological polar surface area (TPSA) is 348 Å². The summed E-state index contributed by atoms with van der Waals surface area (Å²) in [6.45, 7) is -1.68. The van der Waals surface area contributed by atoms with E-state index in [2.05, 4.69) is 36.8 Å². The van der Waals surface area contributed by atoms with Crippen molar-refractivity contribution >= 4 is 39.2 Å². The van der Waals surface area contributed by atoms with Gasteiger partial charge in [-0.1, -0.05) is 71.3 Å². The van der Waals surface area contributed by atoms with Crippen LogP contribution in [0.5, 0.6) is 0 Å². The number of unbranched alkanes of at least 4 members (excludes halogenated alkanes) is 10. The first kappa shape index (κ1) is 63.4. The first-order valence-electron chi connectivity index (χ1n) is 22.4. The SMILES string of the molecule is CCCCCCCC[N+](C)(CCCCCCCC)CCC[Si-](OCC(CO)(CO)NCCS(=O)(=O)O)(OCC(CO)(CO)NCCS(=O)(=O)O)OCC(CO)(CO)NCCS(=O)(=O)O. The number of aliphatic hydroxyl groups excluding tert-OH is 6. The van der Waals surface area contributed by atoms with Gasteiger partial charge >= 0.3 is 0 Å². The Morgan fingerprint density at radius 3 is 0.984 bits per heavy atom. The monoisotopic (exact) mass is 1010 g/mol. The lowest BCUT2D eigenvalue weighted by Crippen LogP contribution is -2.64. The Morgan fingerprint density at radius 2 is 0.719 bits per heavy atom. The zero-order chi connectivity index (χ0) is 48.9. The second-order valence-electron chi connectivity index (χ2n) is 17.4. The highest BCUT2D eigenvalue weighted by atomic mass is 32.2. The van der Waals surface area contributed by atoms with Crippen molar-refractivity contribution in [1.29, 1.82) is 0 Å². The van der Waals surface area contributed by atoms with Crippen LogP contribution >= 0.6 is 0 Å². The van der Waals surface area contributed by atoms with Crippen LogP contribution in [0.1, 0.15) is 97.3 Å². The summed E-state index contributed by atoms with van der Waals surface area (Å²) in [5.74, 6) is -2.39. The van der Waals surface area contributed by atoms with Crippen LogP contribution in [-0.4, -0.2) is 222 Å². The fraction of sp³-hybridized carbons (Fsp3) is 1.00. The first-order chi connectivity index (χ1) is 29.9. The molecule has 387 valence electrons. The average molecular weight is 1010 g/mol. The molecule has 0 aromatic carbocycles. The number of rotatable bonds is 45. The van der Waals surface area contributed by atoms with Crippen molar-refractivity contribution < 1.29 is 87.3 Å². The van der Waals surface area contributed by atoms with Crippen molar-refractivity contribution in [3.63, 3.8) is 0 Å². The third-order valence-electron chi connectivity index (χ3n) is 11.4. The van der Waals surface area contributed by atoms with E-state index in [-0.39, 0.29) is 6.04 Å². The van der Waals surface area contributed by atoms with E-state index < -0.39 is 152 Å². The predicted octanol–water partition coefficient (Wildman–Crippen LogP) is -0.865. The molecule has 0 heterocycles. The first-order valence-corrected chi connectivity index (χ1v) is 29.2. The van der Waals surface area contributed by atoms with Gasteiger partial charge in [-0.05, 0) is 32.1 Å². The largest absolute Gasteiger partial charge is 0.523 e. The van der Waals surface area contributed by atoms with E-state index in [9.17, 15) is 69.6 Å². The molecule has 0 saturated heterocycles. The molecule has 26 heteroatoms. The Morgan fingerprint density at radius 1 is 0.453 bits per heavy atom. The summed E-state index contributed by atoms with van der Waals surface area (Å²) < 4.78 is 117. The van der Waals surface area contributed by atoms with Crippen LogP contribution in [0.2, 0.25) is 6.04 Å². The van der Waals surface area contributed by atoms with Crippen LogP contribution in [0.3, 0.4) is 0 Å². The van der Waals surface area contributed by atoms with Crippen molar-refractivity contribution in [2.24, 2.45) is 0 Å². The molecule has 12 N–H and O–H groups in total. The fourth-order valence-corrected chi connectivity index (χ4v) is 10.7. The maximum absolute atomic E-state index is 11.5. The van der Waals surface area contributed by atoms with Gasteiger partial charge in [-0.25, -0.2) is 0 Å². The van der Waals surface area contributed by atoms with Gasteiger partial charge in [-0.2, -0.15) is 25.3 Å². The second kappa shape index (κ2) is 32.3. The number of aliphatic hydroxyl groups is 6. The summed E-state index contributed by atoms with van der Waals surface area (Å²) >= 11 is 0. The lowest BCUT2D eigenvalue weighted by molar-refractivity contribution is -0.910. The van der Waals surface area contributed by atoms with E-state index >= 15 is 0 Å². The molecule has 0 aromatic rings. The third kappa shape index (κ3) is 28.7. The quantitative estimate of drug-likeness (QED) is 0.0153. The number of nitrogens with one attached hydrogen (secondary N) is 3. The predicted molar refractivity (Wildman–Crippen MR) is 245 cm³/mol. The lowest BCUT2D eigenvalue weighted by atomic mass is 10.0. The molecule has 0 amide bonds. The molecular weight excluding hydrogens is 925 g/mol. The molecule has 0 fully saturated rings. The van der Waals surface area contributed by atoms with Crippen molar-refractivity contribution in [3.05, 3.63) is 0 Å². The highest BCUT2D eigenvalue weighted by molar-refractivity contribution is 7.86. The van der Waals surface area contributed by atoms with Gasteiger partial charge in [-0.15, -0.1) is 0 Å². The van der Waals surface area contributed by atoms with Gasteiger partial charge < -0.3 is 64.4 Å². The highest BCUT2D eigenvalue weighted by Crippen LogP contribution is 2.26. The zero-order valence-electron chi connectivity index (χ0n) is 38.5. The van der Waals surface area contributed by atoms with E-state index in [0.29, 0.717) is 17.4 Å². The minimum atomic E-state index is -4.48. The van der Waals surface area contributed by atoms with Gasteiger partial charge in [0.15, 0.2) is 0 Å². The Kier molecular flexibility index (Phi) is 32.0. The molecule has 0 rings (SSSR count). The molecule has 0 bridgehead atoms. The Labute approximate surface area is 384 Å². The number of nitrogens with zero attached hydrogens (tertiary/aromatic N) is 1. The Balaban J connectivity index is 7.26. The summed E-state index contributed by atoms with van der Waals surface area (Å²) in [5.41, 5.74) is -5.35. The molecule has 0 unspecified atom stereocenters. The molecule has 0 aliphatic carbocycles. The van der Waals surface area contributed by atoms with Gasteiger partial charge in [0.05, 0.1) is 100 Å². The zero-order valence-corrected chi connectivity index (χ0v) is 41.9. The van der Waals surface area contributed by atoms with Crippen molar-refractivity contribution in [2.75, 3.05) is 123 Å². The number of quaternary nitrogens is 1. The molecule has 22 nitrogen and oxygen atoms in total. The van der Waals surface area contributed by atoms with E-state index in [4.69, 9.17) is 13.3 Å². The molecule has 0 aromatic heterocycles. The van der Waals surface area contributed by atoms with Gasteiger partial charge in [0.2, 0.25) is 0 Å². The highest BCUT2D eigenvalue weighted by Gasteiger charge is 2.40. The van der Waals surface area contributed by atoms with Crippen LogP contribution in [0.4, 0.5) is 0 Å². The molecule has 64 heavy (non-hydrogen) atoms. The van der Waals surface area contributed by atoms with E-state index in [0.717, 1.165) is 90.1 Å². The summed E-state index contributed by atoms with van der Waals surface area (Å²) in [6, 6.07) is -0.0400. The van der Waals surface area contributed by atoms with E-state index in [1.54, 1.807) is 0 Å². The van der Waals surface area contributed by atoms with Crippen LogP contribution in [0.25, 0.3) is 0 Å². The Bertz CT molecular complexity index is 1380. The minimum Gasteiger partial charge on any atom is -0.523 e. The maximum atomic E-state index is 11.5. The van der Waals surface area contributed by atoms with Gasteiger partial charge in [0.1, 0.15) is 0 Å². The molecule has 0 atom stereocenters. The van der Waals surface area contributed by atoms with Crippen molar-refractivity contribution in [2.45, 2.75) is 120 Å². The molecular formula is C38H85N4O18S3Si. The minimum absolute atomic E-state index is 0.0400. The van der Waals surface area contributed by atoms with Gasteiger partial charge in [-0.3, -0.25) is 13.7 Å². The number of hydrogen-bond acceptors (Lipinski definition) is 18. The van der Waals surface area contributed by atoms with Crippen molar-refractivity contribution in [3.8, 4) is 0 Å². The lowest BCUT2D eigenvalue weighted by Gasteiger charge is -2.50. The van der Waals surface area contributed by atoms with Crippen LogP contribution in [-0.2, 0) is 43.6 Å². The summed E-state index contributed by atoms with van der Waals surface area (Å²) in [7, 11) is -15.7. The van der Waals surface area contributed by atoms with Crippen LogP contribution in [0.15, 0.2) is 0 Å². The van der Waals surface area contributed by atoms with Crippen LogP contribution < -0.4 is 16.0 Å². The van der Waals surface area contributed by atoms with Crippen molar-refractivity contribution in [1.82, 2.24) is 16.0 Å². The van der Waals surface area contributed by atoms with Gasteiger partial charge in [0.25, 0.3) is 39.2 Å². The molecule has 0 spiro atoms. The van der Waals surface area contributed by atoms with Gasteiger partial charge in [0, 0.05) is 39.5 Å². The summed E-state index contributed by atoms with van der Waals surface area (Å²) in [4.78, 5) is 0. The normalized spacial score (nSPS) is 13.9. The molecule has 0 saturated carbocycles. The standard InChI is InChI=1S/C38H84N4O18S3Si/c1-4-6-8-10-12-14-20-42(3,21-15-13-11-9-7-5-2)22-16-26-64(58-33-36(27-43,28-44)39-17-23-61(49,50)51,59-34-37(29-45,30-46)40-18-24-62(52,53)54)60-35-38(31-47,32-48)41-19-25-63(55,56)57/h39-41,43-48H,4-35H2,1-3H3,(H2-,49,50,51,52,53,54,55,56,57)/q-1/p+1. The third-order valence-corrected chi connectivity index (χ3v) is 16.3. The fourth-order valence-electron chi connectivity index (χ4n) is 6.89. The molecule has 0 radical (unpaired) electrons. The van der Waals surface area contributed by atoms with Crippen LogP contribution in [0, 0.1) is 0 Å². The smallest absolute Gasteiger partial charge is 0.281 e. The second-order valence-corrected chi connectivity index (χ2v) is 24.9. The maximum Gasteiger partial charge on any atom is 0.281 e. The summed E-state index contributed by atoms with van der Waals surface area (Å²) in [5, 5.41) is 71.1. The average Bonchev–Trinajstić information content (AvgIpc) is 3.23. The molecule has 0 aliphatic heterocycles.